The predicted octanol–water partition coefficient (Wildman–Crippen LogP) is 2.90. The summed E-state index contributed by atoms with van der Waals surface area (Å²) in [5, 5.41) is 2.84. The zero-order valence-electron chi connectivity index (χ0n) is 15.0. The van der Waals surface area contributed by atoms with Gasteiger partial charge in [-0.15, -0.1) is 13.2 Å². The Bertz CT molecular complexity index is 745. The number of halogens is 3. The van der Waals surface area contributed by atoms with Crippen LogP contribution < -0.4 is 10.1 Å². The summed E-state index contributed by atoms with van der Waals surface area (Å²) in [6, 6.07) is 4.32. The van der Waals surface area contributed by atoms with Gasteiger partial charge in [0.05, 0.1) is 4.90 Å². The van der Waals surface area contributed by atoms with E-state index in [0.29, 0.717) is 19.4 Å². The van der Waals surface area contributed by atoms with Crippen molar-refractivity contribution in [1.82, 2.24) is 9.62 Å². The molecule has 10 heteroatoms. The summed E-state index contributed by atoms with van der Waals surface area (Å²) in [7, 11) is -3.96. The van der Waals surface area contributed by atoms with Crippen molar-refractivity contribution >= 4 is 15.9 Å². The van der Waals surface area contributed by atoms with Gasteiger partial charge in [0.2, 0.25) is 15.9 Å². The fraction of sp³-hybridized carbons (Fsp3) is 0.588. The van der Waals surface area contributed by atoms with E-state index < -0.39 is 22.1 Å². The number of hydrogen-bond acceptors (Lipinski definition) is 4. The summed E-state index contributed by atoms with van der Waals surface area (Å²) in [5.41, 5.74) is 0. The Morgan fingerprint density at radius 2 is 1.96 bits per heavy atom. The molecule has 0 spiro atoms. The summed E-state index contributed by atoms with van der Waals surface area (Å²) in [5.74, 6) is -0.928. The third-order valence-corrected chi connectivity index (χ3v) is 6.23. The topological polar surface area (TPSA) is 75.7 Å². The number of nitrogens with one attached hydrogen (secondary N) is 1. The molecule has 1 aliphatic rings. The average Bonchev–Trinajstić information content (AvgIpc) is 2.61. The summed E-state index contributed by atoms with van der Waals surface area (Å²) in [4.78, 5) is 11.8. The highest BCUT2D eigenvalue weighted by molar-refractivity contribution is 7.89. The Morgan fingerprint density at radius 1 is 1.30 bits per heavy atom. The Kier molecular flexibility index (Phi) is 7.10. The first-order valence-corrected chi connectivity index (χ1v) is 10.2. The maximum absolute atomic E-state index is 12.7. The Balaban J connectivity index is 2.00. The number of sulfonamides is 1. The molecule has 1 fully saturated rings. The monoisotopic (exact) mass is 408 g/mol. The lowest BCUT2D eigenvalue weighted by molar-refractivity contribution is -0.274. The molecule has 1 aromatic carbocycles. The fourth-order valence-corrected chi connectivity index (χ4v) is 4.38. The number of benzene rings is 1. The number of nitrogens with zero attached hydrogens (tertiary/aromatic N) is 1. The van der Waals surface area contributed by atoms with E-state index in [9.17, 15) is 26.4 Å². The lowest BCUT2D eigenvalue weighted by Gasteiger charge is -2.30. The van der Waals surface area contributed by atoms with Gasteiger partial charge in [-0.05, 0) is 31.4 Å². The van der Waals surface area contributed by atoms with E-state index in [1.165, 1.54) is 16.4 Å². The van der Waals surface area contributed by atoms with Crippen molar-refractivity contribution < 1.29 is 31.1 Å². The highest BCUT2D eigenvalue weighted by Crippen LogP contribution is 2.28. The van der Waals surface area contributed by atoms with Gasteiger partial charge in [0.1, 0.15) is 5.75 Å². The van der Waals surface area contributed by atoms with E-state index in [0.717, 1.165) is 25.0 Å². The molecule has 0 bridgehead atoms. The first kappa shape index (κ1) is 21.5. The van der Waals surface area contributed by atoms with Crippen LogP contribution in [0.15, 0.2) is 29.2 Å². The van der Waals surface area contributed by atoms with Crippen molar-refractivity contribution in [3.8, 4) is 5.75 Å². The van der Waals surface area contributed by atoms with Gasteiger partial charge in [0, 0.05) is 31.6 Å². The third-order valence-electron chi connectivity index (χ3n) is 4.33. The average molecular weight is 408 g/mol. The molecule has 1 aliphatic heterocycles. The Morgan fingerprint density at radius 3 is 2.56 bits per heavy atom. The third kappa shape index (κ3) is 6.10. The minimum Gasteiger partial charge on any atom is -0.406 e. The van der Waals surface area contributed by atoms with Gasteiger partial charge in [-0.1, -0.05) is 19.4 Å². The fourth-order valence-electron chi connectivity index (χ4n) is 2.87. The molecule has 2 rings (SSSR count). The van der Waals surface area contributed by atoms with Crippen LogP contribution in [0.4, 0.5) is 13.2 Å². The van der Waals surface area contributed by atoms with Crippen LogP contribution in [-0.4, -0.2) is 44.6 Å². The zero-order valence-corrected chi connectivity index (χ0v) is 15.8. The molecule has 1 amide bonds. The molecule has 6 nitrogen and oxygen atoms in total. The number of rotatable bonds is 7. The van der Waals surface area contributed by atoms with Gasteiger partial charge in [-0.25, -0.2) is 8.42 Å². The Labute approximate surface area is 156 Å². The van der Waals surface area contributed by atoms with E-state index in [1.54, 1.807) is 0 Å². The smallest absolute Gasteiger partial charge is 0.406 e. The van der Waals surface area contributed by atoms with Crippen molar-refractivity contribution in [3.05, 3.63) is 24.3 Å². The zero-order chi connectivity index (χ0) is 20.1. The van der Waals surface area contributed by atoms with Crippen LogP contribution in [0.5, 0.6) is 5.75 Å². The van der Waals surface area contributed by atoms with Gasteiger partial charge in [-0.2, -0.15) is 4.31 Å². The summed E-state index contributed by atoms with van der Waals surface area (Å²) >= 11 is 0. The van der Waals surface area contributed by atoms with Gasteiger partial charge in [-0.3, -0.25) is 4.79 Å². The first-order chi connectivity index (χ1) is 12.6. The van der Waals surface area contributed by atoms with E-state index in [-0.39, 0.29) is 29.8 Å². The number of alkyl halides is 3. The number of carbonyl (C=O) groups is 1. The minimum absolute atomic E-state index is 0.0823. The molecular weight excluding hydrogens is 385 g/mol. The van der Waals surface area contributed by atoms with Crippen molar-refractivity contribution in [1.29, 1.82) is 0 Å². The second-order valence-corrected chi connectivity index (χ2v) is 8.28. The summed E-state index contributed by atoms with van der Waals surface area (Å²) in [6.45, 7) is 2.89. The van der Waals surface area contributed by atoms with Crippen LogP contribution in [0.1, 0.15) is 32.6 Å². The molecular formula is C17H23F3N2O4S. The highest BCUT2D eigenvalue weighted by atomic mass is 32.2. The molecule has 0 aliphatic carbocycles. The van der Waals surface area contributed by atoms with Crippen molar-refractivity contribution in [2.45, 2.75) is 43.9 Å². The van der Waals surface area contributed by atoms with Crippen LogP contribution in [-0.2, 0) is 14.8 Å². The normalized spacial score (nSPS) is 16.9. The van der Waals surface area contributed by atoms with Gasteiger partial charge >= 0.3 is 6.36 Å². The molecule has 152 valence electrons. The van der Waals surface area contributed by atoms with E-state index in [2.05, 4.69) is 10.1 Å². The number of piperidine rings is 1. The number of unbranched alkanes of at least 4 members (excludes halogenated alkanes) is 1. The molecule has 1 aromatic rings. The molecule has 0 aromatic heterocycles. The van der Waals surface area contributed by atoms with Crippen LogP contribution >= 0.6 is 0 Å². The molecule has 0 saturated carbocycles. The largest absolute Gasteiger partial charge is 0.573 e. The second-order valence-electron chi connectivity index (χ2n) is 6.35. The number of hydrogen-bond donors (Lipinski definition) is 1. The molecule has 0 radical (unpaired) electrons. The second kappa shape index (κ2) is 8.92. The van der Waals surface area contributed by atoms with Crippen molar-refractivity contribution in [2.75, 3.05) is 19.6 Å². The Hall–Kier alpha value is -1.81. The van der Waals surface area contributed by atoms with Crippen LogP contribution in [0.25, 0.3) is 0 Å². The van der Waals surface area contributed by atoms with Gasteiger partial charge < -0.3 is 10.1 Å². The summed E-state index contributed by atoms with van der Waals surface area (Å²) in [6.07, 6.45) is -2.30. The maximum Gasteiger partial charge on any atom is 0.573 e. The van der Waals surface area contributed by atoms with E-state index >= 15 is 0 Å². The maximum atomic E-state index is 12.7. The number of amides is 1. The molecule has 27 heavy (non-hydrogen) atoms. The quantitative estimate of drug-likeness (QED) is 0.704. The lowest BCUT2D eigenvalue weighted by Crippen LogP contribution is -2.43. The predicted molar refractivity (Wildman–Crippen MR) is 92.5 cm³/mol. The van der Waals surface area contributed by atoms with E-state index in [4.69, 9.17) is 0 Å². The SMILES string of the molecule is CCCCNC(=O)C1CCN(S(=O)(=O)c2cccc(OC(F)(F)F)c2)CC1. The van der Waals surface area contributed by atoms with Gasteiger partial charge in [0.25, 0.3) is 0 Å². The highest BCUT2D eigenvalue weighted by Gasteiger charge is 2.34. The molecule has 1 N–H and O–H groups in total. The summed E-state index contributed by atoms with van der Waals surface area (Å²) < 4.78 is 67.3. The number of carbonyl (C=O) groups excluding carboxylic acids is 1. The minimum atomic E-state index is -4.90. The molecule has 1 heterocycles. The number of ether oxygens (including phenoxy) is 1. The van der Waals surface area contributed by atoms with Gasteiger partial charge in [0.15, 0.2) is 0 Å². The van der Waals surface area contributed by atoms with Crippen LogP contribution in [0.2, 0.25) is 0 Å². The van der Waals surface area contributed by atoms with E-state index in [1.807, 2.05) is 6.92 Å². The molecule has 0 unspecified atom stereocenters. The van der Waals surface area contributed by atoms with Crippen LogP contribution in [0.3, 0.4) is 0 Å². The molecule has 0 atom stereocenters. The van der Waals surface area contributed by atoms with Crippen molar-refractivity contribution in [2.24, 2.45) is 5.92 Å². The standard InChI is InChI=1S/C17H23F3N2O4S/c1-2-3-9-21-16(23)13-7-10-22(11-8-13)27(24,25)15-6-4-5-14(12-15)26-17(18,19)20/h4-6,12-13H,2-3,7-11H2,1H3,(H,21,23). The lowest BCUT2D eigenvalue weighted by atomic mass is 9.97. The van der Waals surface area contributed by atoms with Crippen LogP contribution in [0, 0.1) is 5.92 Å². The molecule has 1 saturated heterocycles. The van der Waals surface area contributed by atoms with Crippen molar-refractivity contribution in [3.63, 3.8) is 0 Å². The first-order valence-electron chi connectivity index (χ1n) is 8.77.